The predicted molar refractivity (Wildman–Crippen MR) is 91.5 cm³/mol. The van der Waals surface area contributed by atoms with Crippen LogP contribution in [0.5, 0.6) is 5.75 Å². The van der Waals surface area contributed by atoms with Crippen molar-refractivity contribution in [1.82, 2.24) is 5.32 Å². The number of para-hydroxylation sites is 1. The topological polar surface area (TPSA) is 81.5 Å². The Bertz CT molecular complexity index is 801. The van der Waals surface area contributed by atoms with Crippen LogP contribution in [0.4, 0.5) is 10.1 Å². The molecule has 0 aliphatic rings. The number of hydrogen-bond acceptors (Lipinski definition) is 4. The average Bonchev–Trinajstić information content (AvgIpc) is 2.55. The molecule has 6 nitrogen and oxygen atoms in total. The maximum Gasteiger partial charge on any atom is 0.276 e. The van der Waals surface area contributed by atoms with Gasteiger partial charge in [-0.25, -0.2) is 4.39 Å². The van der Waals surface area contributed by atoms with E-state index in [2.05, 4.69) is 5.32 Å². The van der Waals surface area contributed by atoms with E-state index in [9.17, 15) is 19.3 Å². The molecule has 0 radical (unpaired) electrons. The predicted octanol–water partition coefficient (Wildman–Crippen LogP) is 3.47. The van der Waals surface area contributed by atoms with Crippen molar-refractivity contribution < 1.29 is 18.8 Å². The molecule has 25 heavy (non-hydrogen) atoms. The summed E-state index contributed by atoms with van der Waals surface area (Å²) in [6.07, 6.45) is 0. The molecule has 0 unspecified atom stereocenters. The number of rotatable bonds is 6. The largest absolute Gasteiger partial charge is 0.491 e. The van der Waals surface area contributed by atoms with Crippen LogP contribution in [-0.2, 0) is 0 Å². The molecule has 0 aliphatic carbocycles. The van der Waals surface area contributed by atoms with E-state index < -0.39 is 22.3 Å². The van der Waals surface area contributed by atoms with Crippen molar-refractivity contribution in [2.75, 3.05) is 13.2 Å². The van der Waals surface area contributed by atoms with Crippen LogP contribution < -0.4 is 10.1 Å². The molecule has 0 aliphatic heterocycles. The van der Waals surface area contributed by atoms with Crippen molar-refractivity contribution in [2.24, 2.45) is 0 Å². The number of benzene rings is 2. The Morgan fingerprint density at radius 2 is 1.88 bits per heavy atom. The van der Waals surface area contributed by atoms with Crippen molar-refractivity contribution in [3.05, 3.63) is 68.5 Å². The van der Waals surface area contributed by atoms with Gasteiger partial charge in [-0.2, -0.15) is 0 Å². The molecular weight excluding hydrogens is 327 g/mol. The van der Waals surface area contributed by atoms with E-state index in [4.69, 9.17) is 4.74 Å². The summed E-state index contributed by atoms with van der Waals surface area (Å²) in [4.78, 5) is 22.3. The number of amides is 1. The highest BCUT2D eigenvalue weighted by Gasteiger charge is 2.19. The van der Waals surface area contributed by atoms with Crippen molar-refractivity contribution in [3.8, 4) is 5.75 Å². The van der Waals surface area contributed by atoms with Gasteiger partial charge in [0.05, 0.1) is 17.0 Å². The third kappa shape index (κ3) is 4.32. The summed E-state index contributed by atoms with van der Waals surface area (Å²) in [5.74, 6) is -0.619. The van der Waals surface area contributed by atoms with Gasteiger partial charge >= 0.3 is 0 Å². The summed E-state index contributed by atoms with van der Waals surface area (Å²) < 4.78 is 19.4. The summed E-state index contributed by atoms with van der Waals surface area (Å²) in [5, 5.41) is 13.5. The number of carbonyl (C=O) groups is 1. The van der Waals surface area contributed by atoms with Crippen LogP contribution >= 0.6 is 0 Å². The summed E-state index contributed by atoms with van der Waals surface area (Å²) in [6.45, 7) is 5.57. The zero-order valence-corrected chi connectivity index (χ0v) is 14.3. The lowest BCUT2D eigenvalue weighted by atomic mass is 10.1. The minimum atomic E-state index is -0.786. The number of halogens is 1. The molecule has 0 spiro atoms. The van der Waals surface area contributed by atoms with E-state index >= 15 is 0 Å². The maximum absolute atomic E-state index is 13.7. The Morgan fingerprint density at radius 1 is 1.24 bits per heavy atom. The highest BCUT2D eigenvalue weighted by atomic mass is 19.1. The van der Waals surface area contributed by atoms with E-state index in [1.54, 1.807) is 0 Å². The zero-order valence-electron chi connectivity index (χ0n) is 14.3. The lowest BCUT2D eigenvalue weighted by Crippen LogP contribution is -2.28. The van der Waals surface area contributed by atoms with Gasteiger partial charge in [0.2, 0.25) is 0 Å². The number of nitrogens with one attached hydrogen (secondary N) is 1. The van der Waals surface area contributed by atoms with Crippen LogP contribution in [0.2, 0.25) is 0 Å². The van der Waals surface area contributed by atoms with Crippen molar-refractivity contribution >= 4 is 11.6 Å². The Morgan fingerprint density at radius 3 is 2.48 bits per heavy atom. The van der Waals surface area contributed by atoms with Crippen LogP contribution in [0.1, 0.15) is 27.0 Å². The number of nitro benzene ring substituents is 1. The number of aryl methyl sites for hydroxylation is 2. The van der Waals surface area contributed by atoms with Gasteiger partial charge in [-0.3, -0.25) is 14.9 Å². The molecule has 2 aromatic rings. The van der Waals surface area contributed by atoms with Gasteiger partial charge in [0.25, 0.3) is 11.6 Å². The molecule has 0 saturated heterocycles. The molecule has 132 valence electrons. The molecule has 1 N–H and O–H groups in total. The Kier molecular flexibility index (Phi) is 5.69. The van der Waals surface area contributed by atoms with Gasteiger partial charge in [0.1, 0.15) is 18.2 Å². The first kappa shape index (κ1) is 18.4. The smallest absolute Gasteiger partial charge is 0.276 e. The molecule has 0 aromatic heterocycles. The number of ether oxygens (including phenoxy) is 1. The van der Waals surface area contributed by atoms with Gasteiger partial charge in [-0.15, -0.1) is 0 Å². The quantitative estimate of drug-likeness (QED) is 0.493. The number of hydrogen-bond donors (Lipinski definition) is 1. The van der Waals surface area contributed by atoms with Crippen molar-refractivity contribution in [3.63, 3.8) is 0 Å². The minimum Gasteiger partial charge on any atom is -0.491 e. The molecule has 1 amide bonds. The minimum absolute atomic E-state index is 0.0955. The van der Waals surface area contributed by atoms with E-state index in [0.717, 1.165) is 29.0 Å². The molecule has 0 bridgehead atoms. The third-order valence-electron chi connectivity index (χ3n) is 3.82. The van der Waals surface area contributed by atoms with Gasteiger partial charge < -0.3 is 10.1 Å². The van der Waals surface area contributed by atoms with E-state index in [1.807, 2.05) is 32.0 Å². The van der Waals surface area contributed by atoms with E-state index in [0.29, 0.717) is 0 Å². The SMILES string of the molecule is Cc1cccc(C)c1OCCNC(=O)c1cc(F)c(C)c([N+](=O)[O-])c1. The van der Waals surface area contributed by atoms with Crippen LogP contribution in [0.25, 0.3) is 0 Å². The Hall–Kier alpha value is -2.96. The first-order valence-corrected chi connectivity index (χ1v) is 7.73. The molecular formula is C18H19FN2O4. The lowest BCUT2D eigenvalue weighted by Gasteiger charge is -2.12. The second kappa shape index (κ2) is 7.74. The molecule has 7 heteroatoms. The average molecular weight is 346 g/mol. The van der Waals surface area contributed by atoms with Gasteiger partial charge in [-0.05, 0) is 38.0 Å². The molecule has 0 heterocycles. The second-order valence-corrected chi connectivity index (χ2v) is 5.68. The Balaban J connectivity index is 1.98. The normalized spacial score (nSPS) is 10.4. The van der Waals surface area contributed by atoms with Gasteiger partial charge in [0.15, 0.2) is 0 Å². The fourth-order valence-electron chi connectivity index (χ4n) is 2.43. The summed E-state index contributed by atoms with van der Waals surface area (Å²) in [5.41, 5.74) is 1.36. The highest BCUT2D eigenvalue weighted by Crippen LogP contribution is 2.23. The highest BCUT2D eigenvalue weighted by molar-refractivity contribution is 5.95. The molecule has 0 saturated carbocycles. The fraction of sp³-hybridized carbons (Fsp3) is 0.278. The standard InChI is InChI=1S/C18H19FN2O4/c1-11-5-4-6-12(2)17(11)25-8-7-20-18(22)14-9-15(19)13(3)16(10-14)21(23)24/h4-6,9-10H,7-8H2,1-3H3,(H,20,22). The first-order chi connectivity index (χ1) is 11.8. The summed E-state index contributed by atoms with van der Waals surface area (Å²) in [6, 6.07) is 7.84. The van der Waals surface area contributed by atoms with Crippen LogP contribution in [-0.4, -0.2) is 24.0 Å². The first-order valence-electron chi connectivity index (χ1n) is 7.73. The van der Waals surface area contributed by atoms with E-state index in [1.165, 1.54) is 6.92 Å². The van der Waals surface area contributed by atoms with Crippen LogP contribution in [0.15, 0.2) is 30.3 Å². The number of nitrogens with zero attached hydrogens (tertiary/aromatic N) is 1. The number of nitro groups is 1. The number of carbonyl (C=O) groups excluding carboxylic acids is 1. The zero-order chi connectivity index (χ0) is 18.6. The van der Waals surface area contributed by atoms with Gasteiger partial charge in [-0.1, -0.05) is 18.2 Å². The molecule has 2 aromatic carbocycles. The monoisotopic (exact) mass is 346 g/mol. The lowest BCUT2D eigenvalue weighted by molar-refractivity contribution is -0.385. The fourth-order valence-corrected chi connectivity index (χ4v) is 2.43. The Labute approximate surface area is 144 Å². The molecule has 0 atom stereocenters. The second-order valence-electron chi connectivity index (χ2n) is 5.68. The maximum atomic E-state index is 13.7. The summed E-state index contributed by atoms with van der Waals surface area (Å²) in [7, 11) is 0. The van der Waals surface area contributed by atoms with Crippen molar-refractivity contribution in [2.45, 2.75) is 20.8 Å². The van der Waals surface area contributed by atoms with Crippen molar-refractivity contribution in [1.29, 1.82) is 0 Å². The van der Waals surface area contributed by atoms with Crippen LogP contribution in [0.3, 0.4) is 0 Å². The molecule has 2 rings (SSSR count). The summed E-state index contributed by atoms with van der Waals surface area (Å²) >= 11 is 0. The van der Waals surface area contributed by atoms with E-state index in [-0.39, 0.29) is 24.3 Å². The third-order valence-corrected chi connectivity index (χ3v) is 3.82. The molecule has 0 fully saturated rings. The van der Waals surface area contributed by atoms with Crippen LogP contribution in [0, 0.1) is 36.7 Å². The van der Waals surface area contributed by atoms with Gasteiger partial charge in [0, 0.05) is 11.6 Å².